The number of hydrogen-bond donors (Lipinski definition) is 2. The van der Waals surface area contributed by atoms with Gasteiger partial charge in [0.05, 0.1) is 6.26 Å². The molecule has 3 aromatic rings. The molecule has 6 nitrogen and oxygen atoms in total. The minimum atomic E-state index is -0.559. The second kappa shape index (κ2) is 8.99. The summed E-state index contributed by atoms with van der Waals surface area (Å²) in [5.41, 5.74) is 2.08. The molecule has 0 radical (unpaired) electrons. The molecular formula is C23H27N3O3. The van der Waals surface area contributed by atoms with E-state index >= 15 is 0 Å². The third-order valence-electron chi connectivity index (χ3n) is 5.58. The van der Waals surface area contributed by atoms with Crippen LogP contribution >= 0.6 is 0 Å². The van der Waals surface area contributed by atoms with Crippen LogP contribution in [0.15, 0.2) is 53.3 Å². The fourth-order valence-electron chi connectivity index (χ4n) is 4.01. The molecule has 1 aromatic carbocycles. The number of para-hydroxylation sites is 1. The van der Waals surface area contributed by atoms with Crippen LogP contribution in [0.4, 0.5) is 0 Å². The molecule has 1 fully saturated rings. The Morgan fingerprint density at radius 2 is 1.93 bits per heavy atom. The van der Waals surface area contributed by atoms with Gasteiger partial charge in [0.1, 0.15) is 11.8 Å². The van der Waals surface area contributed by atoms with Gasteiger partial charge in [0, 0.05) is 49.5 Å². The van der Waals surface area contributed by atoms with Crippen LogP contribution in [-0.4, -0.2) is 40.8 Å². The van der Waals surface area contributed by atoms with Crippen molar-refractivity contribution in [2.75, 3.05) is 13.1 Å². The molecule has 0 aliphatic carbocycles. The monoisotopic (exact) mass is 393 g/mol. The molecule has 1 aliphatic rings. The van der Waals surface area contributed by atoms with Gasteiger partial charge in [-0.2, -0.15) is 0 Å². The maximum atomic E-state index is 13.2. The molecule has 0 spiro atoms. The number of nitrogens with zero attached hydrogens (tertiary/aromatic N) is 1. The number of aromatic nitrogens is 1. The number of likely N-dealkylation sites (tertiary alicyclic amines) is 1. The van der Waals surface area contributed by atoms with Crippen LogP contribution in [0.2, 0.25) is 0 Å². The SMILES string of the molecule is O=C(CCc1ccco1)N[C@@H](Cc1c[nH]c2ccccc12)C(=O)N1CCCCC1. The third kappa shape index (κ3) is 4.70. The highest BCUT2D eigenvalue weighted by atomic mass is 16.3. The highest BCUT2D eigenvalue weighted by Gasteiger charge is 2.28. The van der Waals surface area contributed by atoms with Gasteiger partial charge in [0.15, 0.2) is 0 Å². The Kier molecular flexibility index (Phi) is 5.98. The summed E-state index contributed by atoms with van der Waals surface area (Å²) >= 11 is 0. The molecular weight excluding hydrogens is 366 g/mol. The van der Waals surface area contributed by atoms with Gasteiger partial charge in [0.25, 0.3) is 0 Å². The van der Waals surface area contributed by atoms with Gasteiger partial charge in [-0.3, -0.25) is 9.59 Å². The van der Waals surface area contributed by atoms with Crippen LogP contribution in [0.3, 0.4) is 0 Å². The van der Waals surface area contributed by atoms with E-state index in [4.69, 9.17) is 4.42 Å². The van der Waals surface area contributed by atoms with Gasteiger partial charge in [-0.1, -0.05) is 18.2 Å². The van der Waals surface area contributed by atoms with Crippen LogP contribution in [0, 0.1) is 0 Å². The number of aromatic amines is 1. The number of carbonyl (C=O) groups excluding carboxylic acids is 2. The zero-order valence-corrected chi connectivity index (χ0v) is 16.5. The molecule has 29 heavy (non-hydrogen) atoms. The average Bonchev–Trinajstić information content (AvgIpc) is 3.42. The molecule has 3 heterocycles. The summed E-state index contributed by atoms with van der Waals surface area (Å²) in [6.45, 7) is 1.54. The molecule has 1 saturated heterocycles. The molecule has 1 aliphatic heterocycles. The number of H-pyrrole nitrogens is 1. The van der Waals surface area contributed by atoms with Crippen molar-refractivity contribution in [1.29, 1.82) is 0 Å². The van der Waals surface area contributed by atoms with E-state index in [1.165, 1.54) is 0 Å². The van der Waals surface area contributed by atoms with E-state index in [2.05, 4.69) is 10.3 Å². The normalized spacial score (nSPS) is 15.4. The zero-order valence-electron chi connectivity index (χ0n) is 16.5. The lowest BCUT2D eigenvalue weighted by Crippen LogP contribution is -2.51. The van der Waals surface area contributed by atoms with Crippen molar-refractivity contribution in [2.24, 2.45) is 0 Å². The first-order valence-corrected chi connectivity index (χ1v) is 10.4. The lowest BCUT2D eigenvalue weighted by Gasteiger charge is -2.30. The summed E-state index contributed by atoms with van der Waals surface area (Å²) in [5, 5.41) is 4.09. The standard InChI is InChI=1S/C23H27N3O3/c27-22(11-10-18-7-6-14-29-18)25-21(23(28)26-12-4-1-5-13-26)15-17-16-24-20-9-3-2-8-19(17)20/h2-3,6-9,14,16,21,24H,1,4-5,10-13,15H2,(H,25,27)/t21-/m0/s1. The Balaban J connectivity index is 1.48. The molecule has 0 bridgehead atoms. The predicted octanol–water partition coefficient (Wildman–Crippen LogP) is 3.43. The van der Waals surface area contributed by atoms with Crippen molar-refractivity contribution >= 4 is 22.7 Å². The number of benzene rings is 1. The minimum Gasteiger partial charge on any atom is -0.469 e. The van der Waals surface area contributed by atoms with E-state index in [9.17, 15) is 9.59 Å². The van der Waals surface area contributed by atoms with Crippen molar-refractivity contribution in [2.45, 2.75) is 44.6 Å². The molecule has 6 heteroatoms. The summed E-state index contributed by atoms with van der Waals surface area (Å²) in [5.74, 6) is 0.661. The number of amides is 2. The van der Waals surface area contributed by atoms with Crippen LogP contribution in [0.25, 0.3) is 10.9 Å². The number of piperidine rings is 1. The zero-order chi connectivity index (χ0) is 20.1. The van der Waals surface area contributed by atoms with Crippen molar-refractivity contribution in [3.63, 3.8) is 0 Å². The quantitative estimate of drug-likeness (QED) is 0.645. The van der Waals surface area contributed by atoms with Crippen LogP contribution in [0.1, 0.15) is 37.0 Å². The molecule has 1 atom stereocenters. The predicted molar refractivity (Wildman–Crippen MR) is 111 cm³/mol. The summed E-state index contributed by atoms with van der Waals surface area (Å²) in [6, 6.07) is 11.1. The molecule has 0 saturated carbocycles. The maximum absolute atomic E-state index is 13.2. The fraction of sp³-hybridized carbons (Fsp3) is 0.391. The first-order chi connectivity index (χ1) is 14.2. The molecule has 2 aromatic heterocycles. The molecule has 0 unspecified atom stereocenters. The lowest BCUT2D eigenvalue weighted by atomic mass is 10.0. The molecule has 4 rings (SSSR count). The second-order valence-electron chi connectivity index (χ2n) is 7.65. The maximum Gasteiger partial charge on any atom is 0.245 e. The van der Waals surface area contributed by atoms with E-state index in [1.807, 2.05) is 47.5 Å². The van der Waals surface area contributed by atoms with Gasteiger partial charge in [0.2, 0.25) is 11.8 Å². The van der Waals surface area contributed by atoms with Crippen LogP contribution in [0.5, 0.6) is 0 Å². The van der Waals surface area contributed by atoms with Gasteiger partial charge in [-0.05, 0) is 43.0 Å². The van der Waals surface area contributed by atoms with E-state index in [0.717, 1.165) is 54.6 Å². The number of nitrogens with one attached hydrogen (secondary N) is 2. The third-order valence-corrected chi connectivity index (χ3v) is 5.58. The Labute approximate surface area is 170 Å². The van der Waals surface area contributed by atoms with Crippen LogP contribution < -0.4 is 5.32 Å². The summed E-state index contributed by atoms with van der Waals surface area (Å²) in [7, 11) is 0. The number of rotatable bonds is 7. The van der Waals surface area contributed by atoms with Crippen molar-refractivity contribution in [1.82, 2.24) is 15.2 Å². The first-order valence-electron chi connectivity index (χ1n) is 10.4. The van der Waals surface area contributed by atoms with E-state index in [-0.39, 0.29) is 11.8 Å². The Morgan fingerprint density at radius 1 is 1.10 bits per heavy atom. The number of fused-ring (bicyclic) bond motifs is 1. The van der Waals surface area contributed by atoms with Crippen molar-refractivity contribution in [3.8, 4) is 0 Å². The fourth-order valence-corrected chi connectivity index (χ4v) is 4.01. The Bertz CT molecular complexity index is 955. The Morgan fingerprint density at radius 3 is 2.72 bits per heavy atom. The highest BCUT2D eigenvalue weighted by molar-refractivity contribution is 5.89. The topological polar surface area (TPSA) is 78.3 Å². The Hall–Kier alpha value is -3.02. The first kappa shape index (κ1) is 19.3. The minimum absolute atomic E-state index is 0.0151. The van der Waals surface area contributed by atoms with E-state index in [0.29, 0.717) is 19.3 Å². The largest absolute Gasteiger partial charge is 0.469 e. The second-order valence-corrected chi connectivity index (χ2v) is 7.65. The van der Waals surface area contributed by atoms with Gasteiger partial charge in [-0.15, -0.1) is 0 Å². The number of carbonyl (C=O) groups is 2. The lowest BCUT2D eigenvalue weighted by molar-refractivity contribution is -0.137. The van der Waals surface area contributed by atoms with Crippen molar-refractivity contribution in [3.05, 3.63) is 60.2 Å². The number of hydrogen-bond acceptors (Lipinski definition) is 3. The van der Waals surface area contributed by atoms with Gasteiger partial charge < -0.3 is 19.6 Å². The van der Waals surface area contributed by atoms with Gasteiger partial charge >= 0.3 is 0 Å². The molecule has 152 valence electrons. The molecule has 2 N–H and O–H groups in total. The summed E-state index contributed by atoms with van der Waals surface area (Å²) in [4.78, 5) is 31.0. The van der Waals surface area contributed by atoms with Crippen LogP contribution in [-0.2, 0) is 22.4 Å². The number of aryl methyl sites for hydroxylation is 1. The van der Waals surface area contributed by atoms with E-state index in [1.54, 1.807) is 6.26 Å². The van der Waals surface area contributed by atoms with E-state index < -0.39 is 6.04 Å². The average molecular weight is 393 g/mol. The molecule has 2 amide bonds. The summed E-state index contributed by atoms with van der Waals surface area (Å²) < 4.78 is 5.31. The smallest absolute Gasteiger partial charge is 0.245 e. The summed E-state index contributed by atoms with van der Waals surface area (Å²) in [6.07, 6.45) is 8.05. The number of furan rings is 1. The highest BCUT2D eigenvalue weighted by Crippen LogP contribution is 2.20. The van der Waals surface area contributed by atoms with Gasteiger partial charge in [-0.25, -0.2) is 0 Å². The van der Waals surface area contributed by atoms with Crippen molar-refractivity contribution < 1.29 is 14.0 Å².